The van der Waals surface area contributed by atoms with Gasteiger partial charge in [0.05, 0.1) is 33.0 Å². The van der Waals surface area contributed by atoms with E-state index in [1.807, 2.05) is 6.92 Å². The normalized spacial score (nSPS) is 10.1. The van der Waals surface area contributed by atoms with E-state index in [-0.39, 0.29) is 0 Å². The fourth-order valence-electron chi connectivity index (χ4n) is 0.817. The molecule has 0 aliphatic heterocycles. The maximum atomic E-state index is 5.27. The van der Waals surface area contributed by atoms with Crippen LogP contribution in [0.2, 0.25) is 0 Å². The predicted octanol–water partition coefficient (Wildman–Crippen LogP) is 0.789. The van der Waals surface area contributed by atoms with Gasteiger partial charge in [-0.05, 0) is 13.1 Å². The maximum Gasteiger partial charge on any atom is 0.0701 e. The van der Waals surface area contributed by atoms with E-state index in [4.69, 9.17) is 14.2 Å². The third-order valence-corrected chi connectivity index (χ3v) is 1.48. The largest absolute Gasteiger partial charge is 0.389 e. The van der Waals surface area contributed by atoms with Gasteiger partial charge in [0.1, 0.15) is 0 Å². The van der Waals surface area contributed by atoms with Crippen molar-refractivity contribution in [3.05, 3.63) is 12.8 Å². The topological polar surface area (TPSA) is 39.7 Å². The molecule has 4 nitrogen and oxygen atoms in total. The smallest absolute Gasteiger partial charge is 0.0701 e. The van der Waals surface area contributed by atoms with E-state index in [0.29, 0.717) is 33.0 Å². The molecule has 0 amide bonds. The molecule has 1 N–H and O–H groups in total. The van der Waals surface area contributed by atoms with Crippen molar-refractivity contribution in [3.8, 4) is 0 Å². The standard InChI is InChI=1S/C10H21NO3/c1-3-11-5-6-13-9-10-14-8-7-12-4-2/h3,11H,1,4-10H2,2H3. The second kappa shape index (κ2) is 12.4. The molecule has 14 heavy (non-hydrogen) atoms. The Bertz CT molecular complexity index is 120. The van der Waals surface area contributed by atoms with Gasteiger partial charge in [0, 0.05) is 13.2 Å². The Balaban J connectivity index is 2.81. The second-order valence-electron chi connectivity index (χ2n) is 2.58. The number of hydrogen-bond acceptors (Lipinski definition) is 4. The lowest BCUT2D eigenvalue weighted by atomic mass is 10.6. The molecule has 0 aromatic heterocycles. The van der Waals surface area contributed by atoms with Crippen molar-refractivity contribution in [2.24, 2.45) is 0 Å². The number of hydrogen-bond donors (Lipinski definition) is 1. The summed E-state index contributed by atoms with van der Waals surface area (Å²) in [7, 11) is 0. The summed E-state index contributed by atoms with van der Waals surface area (Å²) in [6.45, 7) is 10.3. The lowest BCUT2D eigenvalue weighted by Gasteiger charge is -2.05. The molecule has 0 unspecified atom stereocenters. The molecular formula is C10H21NO3. The predicted molar refractivity (Wildman–Crippen MR) is 56.3 cm³/mol. The molecule has 0 rings (SSSR count). The van der Waals surface area contributed by atoms with E-state index in [1.54, 1.807) is 6.20 Å². The second-order valence-corrected chi connectivity index (χ2v) is 2.58. The van der Waals surface area contributed by atoms with Crippen LogP contribution in [0.4, 0.5) is 0 Å². The van der Waals surface area contributed by atoms with Crippen LogP contribution < -0.4 is 5.32 Å². The van der Waals surface area contributed by atoms with Gasteiger partial charge in [-0.2, -0.15) is 0 Å². The Morgan fingerprint density at radius 3 is 2.14 bits per heavy atom. The number of rotatable bonds is 11. The van der Waals surface area contributed by atoms with E-state index in [1.165, 1.54) is 0 Å². The summed E-state index contributed by atoms with van der Waals surface area (Å²) >= 11 is 0. The monoisotopic (exact) mass is 203 g/mol. The summed E-state index contributed by atoms with van der Waals surface area (Å²) in [4.78, 5) is 0. The first-order chi connectivity index (χ1) is 6.91. The van der Waals surface area contributed by atoms with Crippen LogP contribution in [0, 0.1) is 0 Å². The highest BCUT2D eigenvalue weighted by Crippen LogP contribution is 1.80. The van der Waals surface area contributed by atoms with Crippen molar-refractivity contribution >= 4 is 0 Å². The molecule has 0 aliphatic carbocycles. The van der Waals surface area contributed by atoms with E-state index in [9.17, 15) is 0 Å². The first-order valence-electron chi connectivity index (χ1n) is 4.99. The highest BCUT2D eigenvalue weighted by Gasteiger charge is 1.89. The van der Waals surface area contributed by atoms with Crippen LogP contribution in [0.3, 0.4) is 0 Å². The highest BCUT2D eigenvalue weighted by molar-refractivity contribution is 4.61. The zero-order valence-corrected chi connectivity index (χ0v) is 8.96. The average Bonchev–Trinajstić information content (AvgIpc) is 2.21. The van der Waals surface area contributed by atoms with Gasteiger partial charge >= 0.3 is 0 Å². The molecule has 0 radical (unpaired) electrons. The molecule has 0 atom stereocenters. The summed E-state index contributed by atoms with van der Waals surface area (Å²) < 4.78 is 15.6. The van der Waals surface area contributed by atoms with E-state index in [0.717, 1.165) is 13.2 Å². The van der Waals surface area contributed by atoms with Gasteiger partial charge in [-0.15, -0.1) is 0 Å². The lowest BCUT2D eigenvalue weighted by molar-refractivity contribution is 0.0179. The molecule has 0 saturated heterocycles. The van der Waals surface area contributed by atoms with Crippen LogP contribution in [0.25, 0.3) is 0 Å². The summed E-state index contributed by atoms with van der Waals surface area (Å²) in [5.41, 5.74) is 0. The third-order valence-electron chi connectivity index (χ3n) is 1.48. The molecule has 0 bridgehead atoms. The zero-order chi connectivity index (χ0) is 10.5. The van der Waals surface area contributed by atoms with Gasteiger partial charge in [-0.1, -0.05) is 6.58 Å². The Morgan fingerprint density at radius 1 is 1.00 bits per heavy atom. The Morgan fingerprint density at radius 2 is 1.57 bits per heavy atom. The highest BCUT2D eigenvalue weighted by atomic mass is 16.5. The molecule has 0 saturated carbocycles. The molecule has 0 spiro atoms. The zero-order valence-electron chi connectivity index (χ0n) is 8.96. The van der Waals surface area contributed by atoms with E-state index < -0.39 is 0 Å². The van der Waals surface area contributed by atoms with Crippen molar-refractivity contribution in [2.45, 2.75) is 6.92 Å². The van der Waals surface area contributed by atoms with Gasteiger partial charge in [-0.3, -0.25) is 0 Å². The van der Waals surface area contributed by atoms with E-state index >= 15 is 0 Å². The molecule has 0 aromatic carbocycles. The Hall–Kier alpha value is -0.580. The molecule has 0 heterocycles. The molecular weight excluding hydrogens is 182 g/mol. The minimum atomic E-state index is 0.626. The van der Waals surface area contributed by atoms with Gasteiger partial charge < -0.3 is 19.5 Å². The van der Waals surface area contributed by atoms with Crippen molar-refractivity contribution in [2.75, 3.05) is 46.2 Å². The summed E-state index contributed by atoms with van der Waals surface area (Å²) in [6, 6.07) is 0. The van der Waals surface area contributed by atoms with Crippen molar-refractivity contribution in [1.82, 2.24) is 5.32 Å². The minimum Gasteiger partial charge on any atom is -0.389 e. The van der Waals surface area contributed by atoms with Gasteiger partial charge in [0.25, 0.3) is 0 Å². The first-order valence-corrected chi connectivity index (χ1v) is 4.99. The van der Waals surface area contributed by atoms with Crippen LogP contribution in [0.5, 0.6) is 0 Å². The van der Waals surface area contributed by atoms with Gasteiger partial charge in [-0.25, -0.2) is 0 Å². The molecule has 0 aliphatic rings. The van der Waals surface area contributed by atoms with Crippen LogP contribution in [-0.4, -0.2) is 46.2 Å². The van der Waals surface area contributed by atoms with E-state index in [2.05, 4.69) is 11.9 Å². The molecule has 0 fully saturated rings. The van der Waals surface area contributed by atoms with Gasteiger partial charge in [0.15, 0.2) is 0 Å². The van der Waals surface area contributed by atoms with Crippen LogP contribution in [0.15, 0.2) is 12.8 Å². The van der Waals surface area contributed by atoms with Crippen LogP contribution in [-0.2, 0) is 14.2 Å². The summed E-state index contributed by atoms with van der Waals surface area (Å²) in [6.07, 6.45) is 1.65. The van der Waals surface area contributed by atoms with Crippen molar-refractivity contribution < 1.29 is 14.2 Å². The van der Waals surface area contributed by atoms with Crippen LogP contribution >= 0.6 is 0 Å². The maximum absolute atomic E-state index is 5.27. The Kier molecular flexibility index (Phi) is 11.9. The average molecular weight is 203 g/mol. The summed E-state index contributed by atoms with van der Waals surface area (Å²) in [5.74, 6) is 0. The third kappa shape index (κ3) is 11.4. The minimum absolute atomic E-state index is 0.626. The van der Waals surface area contributed by atoms with Crippen LogP contribution in [0.1, 0.15) is 6.92 Å². The van der Waals surface area contributed by atoms with Crippen molar-refractivity contribution in [3.63, 3.8) is 0 Å². The SMILES string of the molecule is C=CNCCOCCOCCOCC. The quantitative estimate of drug-likeness (QED) is 0.504. The molecule has 84 valence electrons. The first kappa shape index (κ1) is 13.4. The van der Waals surface area contributed by atoms with Gasteiger partial charge in [0.2, 0.25) is 0 Å². The number of ether oxygens (including phenoxy) is 3. The number of nitrogens with one attached hydrogen (secondary N) is 1. The summed E-state index contributed by atoms with van der Waals surface area (Å²) in [5, 5.41) is 2.95. The lowest BCUT2D eigenvalue weighted by Crippen LogP contribution is -2.16. The fraction of sp³-hybridized carbons (Fsp3) is 0.800. The fourth-order valence-corrected chi connectivity index (χ4v) is 0.817. The molecule has 0 aromatic rings. The van der Waals surface area contributed by atoms with Crippen molar-refractivity contribution in [1.29, 1.82) is 0 Å². The molecule has 4 heteroatoms. The Labute approximate surface area is 86.2 Å².